The van der Waals surface area contributed by atoms with Gasteiger partial charge in [-0.3, -0.25) is 9.78 Å². The molecular formula is C13H15N3O2. The van der Waals surface area contributed by atoms with Crippen molar-refractivity contribution in [3.05, 3.63) is 35.9 Å². The normalized spacial score (nSPS) is 12.3. The number of pyridine rings is 1. The molecule has 0 amide bonds. The highest BCUT2D eigenvalue weighted by molar-refractivity contribution is 5.68. The molecule has 0 aliphatic rings. The first-order valence-corrected chi connectivity index (χ1v) is 5.77. The van der Waals surface area contributed by atoms with Crippen LogP contribution in [0.3, 0.4) is 0 Å². The summed E-state index contributed by atoms with van der Waals surface area (Å²) in [6, 6.07) is 5.63. The Hall–Kier alpha value is -2.17. The Morgan fingerprint density at radius 2 is 2.28 bits per heavy atom. The molecule has 2 heterocycles. The van der Waals surface area contributed by atoms with Crippen molar-refractivity contribution in [2.75, 3.05) is 0 Å². The molecule has 2 rings (SSSR count). The molecule has 0 fully saturated rings. The molecule has 2 aromatic rings. The average molecular weight is 245 g/mol. The van der Waals surface area contributed by atoms with Crippen molar-refractivity contribution in [3.63, 3.8) is 0 Å². The lowest BCUT2D eigenvalue weighted by molar-refractivity contribution is -0.137. The number of H-pyrrole nitrogens is 1. The second-order valence-electron chi connectivity index (χ2n) is 4.31. The lowest BCUT2D eigenvalue weighted by Gasteiger charge is -2.03. The van der Waals surface area contributed by atoms with E-state index in [0.29, 0.717) is 5.82 Å². The van der Waals surface area contributed by atoms with E-state index in [1.165, 1.54) is 0 Å². The van der Waals surface area contributed by atoms with Crippen molar-refractivity contribution in [2.45, 2.75) is 26.2 Å². The number of carboxylic acid groups (broad SMARTS) is 1. The summed E-state index contributed by atoms with van der Waals surface area (Å²) in [4.78, 5) is 22.5. The predicted octanol–water partition coefficient (Wildman–Crippen LogP) is 2.36. The topological polar surface area (TPSA) is 78.9 Å². The van der Waals surface area contributed by atoms with Gasteiger partial charge in [-0.25, -0.2) is 4.98 Å². The maximum absolute atomic E-state index is 10.7. The van der Waals surface area contributed by atoms with Crippen LogP contribution in [0.1, 0.15) is 30.8 Å². The van der Waals surface area contributed by atoms with Crippen molar-refractivity contribution in [2.24, 2.45) is 0 Å². The fourth-order valence-corrected chi connectivity index (χ4v) is 1.83. The minimum absolute atomic E-state index is 0.0641. The van der Waals surface area contributed by atoms with Crippen LogP contribution in [-0.2, 0) is 4.79 Å². The lowest BCUT2D eigenvalue weighted by Crippen LogP contribution is -2.04. The number of nitrogens with one attached hydrogen (secondary N) is 1. The fourth-order valence-electron chi connectivity index (χ4n) is 1.83. The Morgan fingerprint density at radius 1 is 1.50 bits per heavy atom. The highest BCUT2D eigenvalue weighted by Crippen LogP contribution is 2.23. The summed E-state index contributed by atoms with van der Waals surface area (Å²) in [5.74, 6) is -0.273. The number of aryl methyl sites for hydroxylation is 1. The van der Waals surface area contributed by atoms with Crippen LogP contribution >= 0.6 is 0 Å². The number of imidazole rings is 1. The zero-order valence-electron chi connectivity index (χ0n) is 10.3. The van der Waals surface area contributed by atoms with Crippen molar-refractivity contribution in [1.82, 2.24) is 15.0 Å². The Bertz CT molecular complexity index is 549. The van der Waals surface area contributed by atoms with Gasteiger partial charge in [0.05, 0.1) is 12.1 Å². The molecule has 2 N–H and O–H groups in total. The SMILES string of the molecule is Cc1[nH]c(C(C)CC(=O)O)nc1-c1ccccn1. The zero-order chi connectivity index (χ0) is 13.1. The van der Waals surface area contributed by atoms with Gasteiger partial charge in [-0.1, -0.05) is 13.0 Å². The summed E-state index contributed by atoms with van der Waals surface area (Å²) in [5, 5.41) is 8.78. The van der Waals surface area contributed by atoms with Crippen LogP contribution < -0.4 is 0 Å². The second-order valence-corrected chi connectivity index (χ2v) is 4.31. The van der Waals surface area contributed by atoms with Crippen LogP contribution in [-0.4, -0.2) is 26.0 Å². The van der Waals surface area contributed by atoms with Crippen molar-refractivity contribution in [1.29, 1.82) is 0 Å². The van der Waals surface area contributed by atoms with Crippen LogP contribution in [0, 0.1) is 6.92 Å². The summed E-state index contributed by atoms with van der Waals surface area (Å²) in [7, 11) is 0. The Balaban J connectivity index is 2.30. The van der Waals surface area contributed by atoms with Gasteiger partial charge < -0.3 is 10.1 Å². The third-order valence-corrected chi connectivity index (χ3v) is 2.76. The fraction of sp³-hybridized carbons (Fsp3) is 0.308. The van der Waals surface area contributed by atoms with E-state index in [1.54, 1.807) is 6.20 Å². The molecule has 18 heavy (non-hydrogen) atoms. The Morgan fingerprint density at radius 3 is 2.89 bits per heavy atom. The number of aromatic nitrogens is 3. The molecule has 0 bridgehead atoms. The van der Waals surface area contributed by atoms with Crippen LogP contribution in [0.5, 0.6) is 0 Å². The van der Waals surface area contributed by atoms with Crippen molar-refractivity contribution < 1.29 is 9.90 Å². The molecule has 0 aliphatic heterocycles. The quantitative estimate of drug-likeness (QED) is 0.866. The van der Waals surface area contributed by atoms with Crippen molar-refractivity contribution in [3.8, 4) is 11.4 Å². The summed E-state index contributed by atoms with van der Waals surface area (Å²) >= 11 is 0. The third kappa shape index (κ3) is 2.56. The number of nitrogens with zero attached hydrogens (tertiary/aromatic N) is 2. The second kappa shape index (κ2) is 5.00. The Kier molecular flexibility index (Phi) is 3.41. The number of hydrogen-bond donors (Lipinski definition) is 2. The van der Waals surface area contributed by atoms with E-state index in [4.69, 9.17) is 5.11 Å². The molecule has 1 atom stereocenters. The number of carboxylic acids is 1. The highest BCUT2D eigenvalue weighted by Gasteiger charge is 2.16. The molecule has 1 unspecified atom stereocenters. The molecule has 0 saturated carbocycles. The molecule has 0 aliphatic carbocycles. The summed E-state index contributed by atoms with van der Waals surface area (Å²) in [6.07, 6.45) is 1.78. The van der Waals surface area contributed by atoms with Crippen LogP contribution in [0.15, 0.2) is 24.4 Å². The van der Waals surface area contributed by atoms with Gasteiger partial charge in [-0.05, 0) is 19.1 Å². The molecule has 5 nitrogen and oxygen atoms in total. The first kappa shape index (κ1) is 12.3. The maximum atomic E-state index is 10.7. The van der Waals surface area contributed by atoms with Gasteiger partial charge >= 0.3 is 5.97 Å². The number of rotatable bonds is 4. The molecule has 0 saturated heterocycles. The highest BCUT2D eigenvalue weighted by atomic mass is 16.4. The van der Waals surface area contributed by atoms with Gasteiger partial charge in [-0.15, -0.1) is 0 Å². The summed E-state index contributed by atoms with van der Waals surface area (Å²) in [6.45, 7) is 3.75. The number of hydrogen-bond acceptors (Lipinski definition) is 3. The third-order valence-electron chi connectivity index (χ3n) is 2.76. The van der Waals surface area contributed by atoms with Crippen LogP contribution in [0.25, 0.3) is 11.4 Å². The smallest absolute Gasteiger partial charge is 0.304 e. The maximum Gasteiger partial charge on any atom is 0.304 e. The average Bonchev–Trinajstić information content (AvgIpc) is 2.72. The number of aromatic amines is 1. The van der Waals surface area contributed by atoms with E-state index in [9.17, 15) is 4.79 Å². The molecule has 0 spiro atoms. The molecule has 0 radical (unpaired) electrons. The van der Waals surface area contributed by atoms with Gasteiger partial charge in [-0.2, -0.15) is 0 Å². The molecule has 0 aromatic carbocycles. The Labute approximate surface area is 105 Å². The standard InChI is InChI=1S/C13H15N3O2/c1-8(7-11(17)18)13-15-9(2)12(16-13)10-5-3-4-6-14-10/h3-6,8H,7H2,1-2H3,(H,15,16)(H,17,18). The van der Waals surface area contributed by atoms with E-state index in [2.05, 4.69) is 15.0 Å². The molecule has 2 aromatic heterocycles. The molecule has 5 heteroatoms. The summed E-state index contributed by atoms with van der Waals surface area (Å²) in [5.41, 5.74) is 2.48. The van der Waals surface area contributed by atoms with Gasteiger partial charge in [0.25, 0.3) is 0 Å². The van der Waals surface area contributed by atoms with E-state index in [1.807, 2.05) is 32.0 Å². The largest absolute Gasteiger partial charge is 0.481 e. The predicted molar refractivity (Wildman–Crippen MR) is 67.2 cm³/mol. The molecule has 94 valence electrons. The van der Waals surface area contributed by atoms with Crippen LogP contribution in [0.4, 0.5) is 0 Å². The first-order chi connectivity index (χ1) is 8.58. The van der Waals surface area contributed by atoms with Gasteiger partial charge in [0.1, 0.15) is 11.5 Å². The van der Waals surface area contributed by atoms with E-state index in [-0.39, 0.29) is 12.3 Å². The molecular weight excluding hydrogens is 230 g/mol. The van der Waals surface area contributed by atoms with Crippen molar-refractivity contribution >= 4 is 5.97 Å². The van der Waals surface area contributed by atoms with Gasteiger partial charge in [0, 0.05) is 17.8 Å². The minimum atomic E-state index is -0.823. The van der Waals surface area contributed by atoms with Gasteiger partial charge in [0.2, 0.25) is 0 Å². The number of carbonyl (C=O) groups is 1. The van der Waals surface area contributed by atoms with Crippen LogP contribution in [0.2, 0.25) is 0 Å². The summed E-state index contributed by atoms with van der Waals surface area (Å²) < 4.78 is 0. The monoisotopic (exact) mass is 245 g/mol. The first-order valence-electron chi connectivity index (χ1n) is 5.77. The zero-order valence-corrected chi connectivity index (χ0v) is 10.3. The lowest BCUT2D eigenvalue weighted by atomic mass is 10.1. The minimum Gasteiger partial charge on any atom is -0.481 e. The van der Waals surface area contributed by atoms with E-state index >= 15 is 0 Å². The van der Waals surface area contributed by atoms with E-state index < -0.39 is 5.97 Å². The van der Waals surface area contributed by atoms with E-state index in [0.717, 1.165) is 17.1 Å². The number of aliphatic carboxylic acids is 1. The van der Waals surface area contributed by atoms with Gasteiger partial charge in [0.15, 0.2) is 0 Å².